The van der Waals surface area contributed by atoms with E-state index in [4.69, 9.17) is 5.73 Å². The van der Waals surface area contributed by atoms with Crippen molar-refractivity contribution in [1.82, 2.24) is 0 Å². The number of carbonyl (C=O) groups is 1. The highest BCUT2D eigenvalue weighted by atomic mass is 32.1. The number of hydrogen-bond acceptors (Lipinski definition) is 3. The quantitative estimate of drug-likeness (QED) is 0.801. The molecule has 1 aliphatic carbocycles. The molecule has 0 spiro atoms. The van der Waals surface area contributed by atoms with Gasteiger partial charge in [-0.1, -0.05) is 0 Å². The molecule has 15 heavy (non-hydrogen) atoms. The Morgan fingerprint density at radius 3 is 2.87 bits per heavy atom. The first-order chi connectivity index (χ1) is 7.15. The zero-order valence-electron chi connectivity index (χ0n) is 9.03. The van der Waals surface area contributed by atoms with E-state index in [0.29, 0.717) is 24.2 Å². The average molecular weight is 223 g/mol. The first-order valence-electron chi connectivity index (χ1n) is 5.50. The normalized spacial score (nSPS) is 25.7. The van der Waals surface area contributed by atoms with Gasteiger partial charge in [0.1, 0.15) is 0 Å². The Labute approximate surface area is 94.5 Å². The predicted octanol–water partition coefficient (Wildman–Crippen LogP) is 2.76. The van der Waals surface area contributed by atoms with Crippen molar-refractivity contribution >= 4 is 17.1 Å². The minimum atomic E-state index is 0.298. The van der Waals surface area contributed by atoms with Gasteiger partial charge in [-0.3, -0.25) is 4.79 Å². The van der Waals surface area contributed by atoms with Gasteiger partial charge in [-0.05, 0) is 44.2 Å². The molecular formula is C12H17NOS. The number of nitrogens with two attached hydrogens (primary N) is 1. The maximum absolute atomic E-state index is 11.9. The third-order valence-corrected chi connectivity index (χ3v) is 4.11. The van der Waals surface area contributed by atoms with Gasteiger partial charge in [0.25, 0.3) is 0 Å². The molecule has 1 aromatic heterocycles. The van der Waals surface area contributed by atoms with Gasteiger partial charge >= 0.3 is 0 Å². The van der Waals surface area contributed by atoms with E-state index in [1.807, 2.05) is 19.1 Å². The van der Waals surface area contributed by atoms with Crippen LogP contribution in [0.1, 0.15) is 40.2 Å². The van der Waals surface area contributed by atoms with Crippen LogP contribution in [0.15, 0.2) is 12.1 Å². The third-order valence-electron chi connectivity index (χ3n) is 3.07. The Hall–Kier alpha value is -0.670. The molecule has 3 heteroatoms. The second-order valence-corrected chi connectivity index (χ2v) is 5.76. The zero-order chi connectivity index (χ0) is 10.8. The van der Waals surface area contributed by atoms with E-state index in [0.717, 1.165) is 24.1 Å². The second-order valence-electron chi connectivity index (χ2n) is 4.48. The van der Waals surface area contributed by atoms with Crippen molar-refractivity contribution in [2.45, 2.75) is 38.6 Å². The molecule has 2 atom stereocenters. The van der Waals surface area contributed by atoms with Crippen LogP contribution < -0.4 is 5.73 Å². The number of aryl methyl sites for hydroxylation is 1. The minimum absolute atomic E-state index is 0.298. The van der Waals surface area contributed by atoms with E-state index in [-0.39, 0.29) is 0 Å². The molecule has 2 rings (SSSR count). The van der Waals surface area contributed by atoms with Crippen LogP contribution in [-0.4, -0.2) is 11.8 Å². The Morgan fingerprint density at radius 1 is 1.53 bits per heavy atom. The Bertz CT molecular complexity index is 358. The highest BCUT2D eigenvalue weighted by Gasteiger charge is 2.24. The summed E-state index contributed by atoms with van der Waals surface area (Å²) in [4.78, 5) is 14.0. The summed E-state index contributed by atoms with van der Waals surface area (Å²) >= 11 is 1.60. The number of thiophene rings is 1. The van der Waals surface area contributed by atoms with Crippen LogP contribution in [0.4, 0.5) is 0 Å². The van der Waals surface area contributed by atoms with Crippen molar-refractivity contribution in [3.8, 4) is 0 Å². The van der Waals surface area contributed by atoms with E-state index < -0.39 is 0 Å². The molecule has 0 aliphatic heterocycles. The van der Waals surface area contributed by atoms with Crippen molar-refractivity contribution in [1.29, 1.82) is 0 Å². The molecule has 1 saturated carbocycles. The molecule has 0 aromatic carbocycles. The molecule has 1 heterocycles. The monoisotopic (exact) mass is 223 g/mol. The lowest BCUT2D eigenvalue weighted by Gasteiger charge is -2.06. The first kappa shape index (κ1) is 10.8. The molecule has 1 fully saturated rings. The zero-order valence-corrected chi connectivity index (χ0v) is 9.85. The average Bonchev–Trinajstić information content (AvgIpc) is 2.75. The summed E-state index contributed by atoms with van der Waals surface area (Å²) in [5.41, 5.74) is 5.83. The largest absolute Gasteiger partial charge is 0.328 e. The second kappa shape index (κ2) is 4.45. The van der Waals surface area contributed by atoms with Gasteiger partial charge in [0, 0.05) is 17.3 Å². The minimum Gasteiger partial charge on any atom is -0.328 e. The van der Waals surface area contributed by atoms with Crippen molar-refractivity contribution in [2.24, 2.45) is 11.7 Å². The van der Waals surface area contributed by atoms with Gasteiger partial charge in [-0.15, -0.1) is 11.3 Å². The summed E-state index contributed by atoms with van der Waals surface area (Å²) in [6, 6.07) is 4.28. The van der Waals surface area contributed by atoms with Crippen molar-refractivity contribution in [3.63, 3.8) is 0 Å². The lowest BCUT2D eigenvalue weighted by Crippen LogP contribution is -2.15. The fraction of sp³-hybridized carbons (Fsp3) is 0.583. The number of carbonyl (C=O) groups excluding carboxylic acids is 1. The first-order valence-corrected chi connectivity index (χ1v) is 6.32. The molecule has 0 amide bonds. The Kier molecular flexibility index (Phi) is 3.22. The summed E-state index contributed by atoms with van der Waals surface area (Å²) in [5.74, 6) is 0.821. The van der Waals surface area contributed by atoms with Crippen molar-refractivity contribution in [2.75, 3.05) is 0 Å². The van der Waals surface area contributed by atoms with E-state index in [1.165, 1.54) is 4.88 Å². The molecule has 2 nitrogen and oxygen atoms in total. The number of Topliss-reactive ketones (excluding diaryl/α,β-unsaturated/α-hetero) is 1. The van der Waals surface area contributed by atoms with Crippen LogP contribution >= 0.6 is 11.3 Å². The number of ketones is 1. The van der Waals surface area contributed by atoms with E-state index >= 15 is 0 Å². The molecule has 0 bridgehead atoms. The predicted molar refractivity (Wildman–Crippen MR) is 63.3 cm³/mol. The lowest BCUT2D eigenvalue weighted by molar-refractivity contribution is 0.0966. The molecular weight excluding hydrogens is 206 g/mol. The van der Waals surface area contributed by atoms with E-state index in [9.17, 15) is 4.79 Å². The topological polar surface area (TPSA) is 43.1 Å². The summed E-state index contributed by atoms with van der Waals surface area (Å²) < 4.78 is 0. The van der Waals surface area contributed by atoms with Crippen LogP contribution in [0.25, 0.3) is 0 Å². The standard InChI is InChI=1S/C12H17NOS/c1-8-2-5-12(15-8)11(14)7-9-3-4-10(13)6-9/h2,5,9-10H,3-4,6-7,13H2,1H3. The van der Waals surface area contributed by atoms with E-state index in [1.54, 1.807) is 11.3 Å². The van der Waals surface area contributed by atoms with Gasteiger partial charge in [0.2, 0.25) is 0 Å². The molecule has 2 N–H and O–H groups in total. The highest BCUT2D eigenvalue weighted by molar-refractivity contribution is 7.14. The maximum atomic E-state index is 11.9. The number of hydrogen-bond donors (Lipinski definition) is 1. The van der Waals surface area contributed by atoms with Gasteiger partial charge in [-0.25, -0.2) is 0 Å². The smallest absolute Gasteiger partial charge is 0.173 e. The molecule has 0 radical (unpaired) electrons. The Balaban J connectivity index is 1.92. The van der Waals surface area contributed by atoms with Gasteiger partial charge in [0.15, 0.2) is 5.78 Å². The van der Waals surface area contributed by atoms with Crippen LogP contribution in [0.5, 0.6) is 0 Å². The van der Waals surface area contributed by atoms with Crippen molar-refractivity contribution in [3.05, 3.63) is 21.9 Å². The van der Waals surface area contributed by atoms with Crippen LogP contribution in [0.3, 0.4) is 0 Å². The molecule has 1 aliphatic rings. The molecule has 1 aromatic rings. The lowest BCUT2D eigenvalue weighted by atomic mass is 10.0. The SMILES string of the molecule is Cc1ccc(C(=O)CC2CCC(N)C2)s1. The van der Waals surface area contributed by atoms with Crippen LogP contribution in [0, 0.1) is 12.8 Å². The summed E-state index contributed by atoms with van der Waals surface area (Å²) in [5, 5.41) is 0. The fourth-order valence-electron chi connectivity index (χ4n) is 2.25. The number of rotatable bonds is 3. The summed E-state index contributed by atoms with van der Waals surface area (Å²) in [7, 11) is 0. The van der Waals surface area contributed by atoms with Crippen LogP contribution in [-0.2, 0) is 0 Å². The highest BCUT2D eigenvalue weighted by Crippen LogP contribution is 2.29. The van der Waals surface area contributed by atoms with Gasteiger partial charge < -0.3 is 5.73 Å². The van der Waals surface area contributed by atoms with Gasteiger partial charge in [0.05, 0.1) is 4.88 Å². The summed E-state index contributed by atoms with van der Waals surface area (Å²) in [6.45, 7) is 2.03. The van der Waals surface area contributed by atoms with E-state index in [2.05, 4.69) is 0 Å². The van der Waals surface area contributed by atoms with Crippen molar-refractivity contribution < 1.29 is 4.79 Å². The Morgan fingerprint density at radius 2 is 2.33 bits per heavy atom. The molecule has 82 valence electrons. The summed E-state index contributed by atoms with van der Waals surface area (Å²) in [6.07, 6.45) is 3.92. The van der Waals surface area contributed by atoms with Gasteiger partial charge in [-0.2, -0.15) is 0 Å². The van der Waals surface area contributed by atoms with Crippen LogP contribution in [0.2, 0.25) is 0 Å². The maximum Gasteiger partial charge on any atom is 0.173 e. The fourth-order valence-corrected chi connectivity index (χ4v) is 3.06. The molecule has 2 unspecified atom stereocenters. The molecule has 0 saturated heterocycles. The third kappa shape index (κ3) is 2.67.